The van der Waals surface area contributed by atoms with Crippen LogP contribution < -0.4 is 139 Å². The van der Waals surface area contributed by atoms with Crippen LogP contribution in [0.15, 0.2) is 82.5 Å². The number of nitrogens with one attached hydrogen (secondary N) is 1. The second-order valence-electron chi connectivity index (χ2n) is 11.7. The monoisotopic (exact) mass is 1120 g/mol. The average molecular weight is 1130 g/mol. The maximum absolute atomic E-state index is 12.9. The van der Waals surface area contributed by atoms with E-state index >= 15 is 0 Å². The van der Waals surface area contributed by atoms with Gasteiger partial charge in [-0.05, 0) is 118 Å². The molecular formula is C34H38Br2Cl3FK2N10O7P2. The van der Waals surface area contributed by atoms with Crippen molar-refractivity contribution in [2.24, 2.45) is 0 Å². The molecule has 0 aliphatic carbocycles. The molecule has 0 atom stereocenters. The third-order valence-electron chi connectivity index (χ3n) is 6.95. The molecule has 3 N–H and O–H groups in total. The number of nitrogens with two attached hydrogens (primary N) is 1. The smallest absolute Gasteiger partial charge is 1.00 e. The van der Waals surface area contributed by atoms with Crippen molar-refractivity contribution in [2.75, 3.05) is 59.1 Å². The van der Waals surface area contributed by atoms with E-state index in [9.17, 15) is 13.5 Å². The topological polar surface area (TPSA) is 227 Å². The van der Waals surface area contributed by atoms with E-state index < -0.39 is 21.4 Å². The number of methoxy groups -OCH3 is 2. The van der Waals surface area contributed by atoms with Gasteiger partial charge in [-0.15, -0.1) is 0 Å². The maximum atomic E-state index is 12.9. The maximum Gasteiger partial charge on any atom is 1.00 e. The Morgan fingerprint density at radius 2 is 1.28 bits per heavy atom. The Hall–Kier alpha value is -0.857. The zero-order chi connectivity index (χ0) is 45.2. The predicted molar refractivity (Wildman–Crippen MR) is 236 cm³/mol. The quantitative estimate of drug-likeness (QED) is 0.0306. The van der Waals surface area contributed by atoms with Gasteiger partial charge in [-0.25, -0.2) is 24.3 Å². The number of nitrogens with zero attached hydrogens (tertiary/aromatic N) is 8. The first kappa shape index (κ1) is 58.2. The zero-order valence-corrected chi connectivity index (χ0v) is 47.4. The Bertz CT molecular complexity index is 2450. The minimum Gasteiger partial charge on any atom is -1.00 e. The molecule has 320 valence electrons. The molecule has 0 radical (unpaired) electrons. The molecule has 0 unspecified atom stereocenters. The number of ether oxygens (including phenoxy) is 2. The Kier molecular flexibility index (Phi) is 28.3. The van der Waals surface area contributed by atoms with Gasteiger partial charge >= 0.3 is 103 Å². The first-order chi connectivity index (χ1) is 28.2. The number of hydrogen-bond acceptors (Lipinski definition) is 15. The zero-order valence-electron chi connectivity index (χ0n) is 35.9. The summed E-state index contributed by atoms with van der Waals surface area (Å²) in [7, 11) is -2.83. The van der Waals surface area contributed by atoms with E-state index in [4.69, 9.17) is 61.4 Å². The molecule has 2 aromatic carbocycles. The first-order valence-corrected chi connectivity index (χ1v) is 23.8. The van der Waals surface area contributed by atoms with E-state index in [1.54, 1.807) is 87.3 Å². The molecule has 61 heavy (non-hydrogen) atoms. The third kappa shape index (κ3) is 20.0. The molecular weight excluding hydrogens is 1090 g/mol. The summed E-state index contributed by atoms with van der Waals surface area (Å²) >= 11 is 23.3. The van der Waals surface area contributed by atoms with Crippen molar-refractivity contribution < 1.29 is 144 Å². The molecule has 0 saturated carbocycles. The van der Waals surface area contributed by atoms with Crippen molar-refractivity contribution in [3.8, 4) is 22.9 Å². The van der Waals surface area contributed by atoms with Crippen LogP contribution in [-0.2, 0) is 18.8 Å². The van der Waals surface area contributed by atoms with Crippen LogP contribution in [-0.4, -0.2) is 94.0 Å². The first-order valence-electron chi connectivity index (χ1n) is 16.6. The molecule has 0 bridgehead atoms. The summed E-state index contributed by atoms with van der Waals surface area (Å²) in [5.41, 5.74) is 8.67. The van der Waals surface area contributed by atoms with Gasteiger partial charge in [0.2, 0.25) is 10.6 Å². The molecule has 0 fully saturated rings. The van der Waals surface area contributed by atoms with Crippen molar-refractivity contribution >= 4 is 115 Å². The number of anilines is 3. The van der Waals surface area contributed by atoms with Crippen molar-refractivity contribution in [3.63, 3.8) is 0 Å². The van der Waals surface area contributed by atoms with Crippen LogP contribution >= 0.6 is 80.9 Å². The minimum absolute atomic E-state index is 0. The molecule has 6 aromatic rings. The summed E-state index contributed by atoms with van der Waals surface area (Å²) in [5.74, 6) is 1.81. The summed E-state index contributed by atoms with van der Waals surface area (Å²) < 4.78 is 55.4. The average Bonchev–Trinajstić information content (AvgIpc) is 3.89. The predicted octanol–water partition coefficient (Wildman–Crippen LogP) is 1.48. The summed E-state index contributed by atoms with van der Waals surface area (Å²) in [6, 6.07) is 10.9. The van der Waals surface area contributed by atoms with Crippen molar-refractivity contribution in [1.82, 2.24) is 39.5 Å². The molecule has 17 nitrogen and oxygen atoms in total. The van der Waals surface area contributed by atoms with Gasteiger partial charge in [0, 0.05) is 28.7 Å². The number of alkyl halides is 1. The van der Waals surface area contributed by atoms with Crippen LogP contribution in [0, 0.1) is 0 Å². The van der Waals surface area contributed by atoms with Crippen LogP contribution in [0.5, 0.6) is 11.5 Å². The fourth-order valence-corrected chi connectivity index (χ4v) is 7.56. The number of halogens is 6. The fraction of sp³-hybridized carbons (Fsp3) is 0.206. The number of carbonyl (C=O) groups excluding carboxylic acids is 1. The van der Waals surface area contributed by atoms with Crippen LogP contribution in [0.1, 0.15) is 2.80 Å². The second-order valence-corrected chi connectivity index (χ2v) is 20.8. The number of aromatic nitrogens is 8. The summed E-state index contributed by atoms with van der Waals surface area (Å²) in [6.45, 7) is 6.64. The molecule has 0 saturated heterocycles. The summed E-state index contributed by atoms with van der Waals surface area (Å²) in [5, 5.41) is 22.0. The van der Waals surface area contributed by atoms with E-state index in [0.29, 0.717) is 53.4 Å². The van der Waals surface area contributed by atoms with Gasteiger partial charge in [0.25, 0.3) is 6.47 Å². The molecule has 0 aliphatic rings. The molecule has 6 rings (SSSR count). The van der Waals surface area contributed by atoms with Gasteiger partial charge < -0.3 is 41.2 Å². The van der Waals surface area contributed by atoms with E-state index in [1.807, 2.05) is 30.3 Å². The molecule has 0 aliphatic heterocycles. The van der Waals surface area contributed by atoms with Crippen LogP contribution in [0.4, 0.5) is 21.6 Å². The van der Waals surface area contributed by atoms with Crippen molar-refractivity contribution in [2.45, 2.75) is 0 Å². The Morgan fingerprint density at radius 3 is 1.69 bits per heavy atom. The third-order valence-corrected chi connectivity index (χ3v) is 12.1. The van der Waals surface area contributed by atoms with Gasteiger partial charge in [0.05, 0.1) is 73.5 Å². The van der Waals surface area contributed by atoms with E-state index in [2.05, 4.69) is 72.2 Å². The molecule has 4 heterocycles. The van der Waals surface area contributed by atoms with Gasteiger partial charge in [-0.1, -0.05) is 11.6 Å². The van der Waals surface area contributed by atoms with Crippen molar-refractivity contribution in [3.05, 3.63) is 98.2 Å². The van der Waals surface area contributed by atoms with Gasteiger partial charge in [0.15, 0.2) is 11.5 Å². The number of nitrogen functional groups attached to an aromatic ring is 1. The Labute approximate surface area is 471 Å². The van der Waals surface area contributed by atoms with Gasteiger partial charge in [-0.2, -0.15) is 15.2 Å². The fourth-order valence-electron chi connectivity index (χ4n) is 4.35. The Balaban J connectivity index is 0. The normalized spacial score (nSPS) is 10.3. The van der Waals surface area contributed by atoms with E-state index in [-0.39, 0.29) is 121 Å². The van der Waals surface area contributed by atoms with Gasteiger partial charge in [-0.3, -0.25) is 9.18 Å². The van der Waals surface area contributed by atoms with Crippen LogP contribution in [0.3, 0.4) is 0 Å². The number of benzene rings is 2. The molecule has 27 heteroatoms. The number of hydrogen-bond donors (Lipinski definition) is 2. The van der Waals surface area contributed by atoms with Crippen LogP contribution in [0.2, 0.25) is 15.7 Å². The largest absolute Gasteiger partial charge is 1.00 e. The standard InChI is InChI=1S/C16H16BrClN5O2P.C12H16N3O2P.C4HBrCl2N2.CH3F.CH2O3.2K.H/c1-25-11-7-20-23(9-11)10-4-5-13(14(6-10)26(2,3)24)21-15-12(17)8-19-16(18)22-15;1-17-10-7-14-15(8-10)9-4-5-11(13)12(6-9)18(2,3)16;5-2-1-8-4(7)9-3(2)6;1-2;2-1-4-3;;;/h4-9H,1-3H3,(H,19,21,22);4-8H,13H2,1-3H3;1H;1H3;1,3H;;;/q;;;;;2*+1;-1/p-1/i;;;1D;;;;. The molecule has 0 amide bonds. The minimum atomic E-state index is -2.59. The van der Waals surface area contributed by atoms with Crippen LogP contribution in [0.25, 0.3) is 11.4 Å². The molecule has 0 spiro atoms. The van der Waals surface area contributed by atoms with E-state index in [1.165, 1.54) is 6.20 Å². The molecule has 4 aromatic heterocycles. The number of carbonyl (C=O) groups is 1. The second kappa shape index (κ2) is 29.6. The summed E-state index contributed by atoms with van der Waals surface area (Å²) in [4.78, 5) is 26.6. The van der Waals surface area contributed by atoms with Crippen molar-refractivity contribution in [1.29, 1.82) is 0 Å². The van der Waals surface area contributed by atoms with E-state index in [0.717, 1.165) is 11.4 Å². The van der Waals surface area contributed by atoms with Gasteiger partial charge in [0.1, 0.15) is 25.3 Å². The summed E-state index contributed by atoms with van der Waals surface area (Å²) in [6.07, 6.45) is 9.79. The Morgan fingerprint density at radius 1 is 0.836 bits per heavy atom. The SMILES string of the molecule is COc1cnn(-c2ccc(N)c(P(C)(C)=O)c2)c1.COc1cnn(-c2ccc(Nc3nc(Cl)ncc3Br)c(P(C)(C)=O)c2)c1.Clc1ncc(Br)c(Cl)n1.O=CO[O-].[2H]CF.[H-].[K+].[K+]. The number of rotatable bonds is 9.